The van der Waals surface area contributed by atoms with E-state index in [1.165, 1.54) is 17.7 Å². The first-order valence-electron chi connectivity index (χ1n) is 11.2. The maximum Gasteiger partial charge on any atom is 0.401 e. The van der Waals surface area contributed by atoms with Crippen LogP contribution in [0.1, 0.15) is 32.6 Å². The number of urea groups is 1. The molecule has 3 amide bonds. The van der Waals surface area contributed by atoms with E-state index in [2.05, 4.69) is 20.9 Å². The van der Waals surface area contributed by atoms with Gasteiger partial charge in [0.15, 0.2) is 0 Å². The van der Waals surface area contributed by atoms with Gasteiger partial charge in [-0.3, -0.25) is 9.69 Å². The summed E-state index contributed by atoms with van der Waals surface area (Å²) in [7, 11) is 0. The molecule has 32 heavy (non-hydrogen) atoms. The fraction of sp³-hybridized carbons (Fsp3) is 0.636. The molecule has 0 aliphatic carbocycles. The Morgan fingerprint density at radius 1 is 1.19 bits per heavy atom. The van der Waals surface area contributed by atoms with Gasteiger partial charge in [-0.1, -0.05) is 6.07 Å². The Labute approximate surface area is 186 Å². The Morgan fingerprint density at radius 2 is 1.94 bits per heavy atom. The topological polar surface area (TPSA) is 76.7 Å². The number of halogens is 3. The molecule has 2 heterocycles. The molecule has 7 nitrogen and oxygen atoms in total. The number of nitrogens with zero attached hydrogens (tertiary/aromatic N) is 2. The Bertz CT molecular complexity index is 783. The normalized spacial score (nSPS) is 20.2. The number of hydrogen-bond donors (Lipinski definition) is 3. The number of benzene rings is 1. The lowest BCUT2D eigenvalue weighted by Crippen LogP contribution is -2.44. The van der Waals surface area contributed by atoms with Crippen molar-refractivity contribution in [2.75, 3.05) is 49.5 Å². The van der Waals surface area contributed by atoms with Gasteiger partial charge in [-0.15, -0.1) is 0 Å². The van der Waals surface area contributed by atoms with Crippen LogP contribution in [0.2, 0.25) is 0 Å². The highest BCUT2D eigenvalue weighted by Gasteiger charge is 2.34. The molecule has 0 bridgehead atoms. The van der Waals surface area contributed by atoms with Crippen molar-refractivity contribution < 1.29 is 22.8 Å². The van der Waals surface area contributed by atoms with Gasteiger partial charge in [-0.05, 0) is 56.8 Å². The molecule has 178 valence electrons. The fourth-order valence-electron chi connectivity index (χ4n) is 4.29. The number of rotatable bonds is 8. The first kappa shape index (κ1) is 24.2. The van der Waals surface area contributed by atoms with E-state index < -0.39 is 18.8 Å². The minimum absolute atomic E-state index is 0.00964. The summed E-state index contributed by atoms with van der Waals surface area (Å²) < 4.78 is 37.4. The van der Waals surface area contributed by atoms with Crippen molar-refractivity contribution >= 4 is 23.3 Å². The average Bonchev–Trinajstić information content (AvgIpc) is 3.37. The minimum Gasteiger partial charge on any atom is -0.371 e. The molecule has 1 aromatic rings. The van der Waals surface area contributed by atoms with E-state index in [9.17, 15) is 22.8 Å². The first-order valence-corrected chi connectivity index (χ1v) is 11.2. The molecule has 0 spiro atoms. The molecule has 1 aromatic carbocycles. The molecule has 0 aromatic heterocycles. The van der Waals surface area contributed by atoms with Crippen molar-refractivity contribution in [2.24, 2.45) is 5.92 Å². The van der Waals surface area contributed by atoms with Crippen LogP contribution in [-0.4, -0.2) is 68.3 Å². The van der Waals surface area contributed by atoms with Crippen molar-refractivity contribution in [3.05, 3.63) is 24.3 Å². The average molecular weight is 456 g/mol. The van der Waals surface area contributed by atoms with Crippen LogP contribution in [0.5, 0.6) is 0 Å². The van der Waals surface area contributed by atoms with Crippen LogP contribution in [0.15, 0.2) is 24.3 Å². The fourth-order valence-corrected chi connectivity index (χ4v) is 4.29. The first-order chi connectivity index (χ1) is 15.2. The number of anilines is 2. The van der Waals surface area contributed by atoms with Crippen LogP contribution in [0.4, 0.5) is 29.3 Å². The Kier molecular flexibility index (Phi) is 8.22. The Hall–Kier alpha value is -2.49. The third-order valence-electron chi connectivity index (χ3n) is 5.79. The van der Waals surface area contributed by atoms with E-state index in [0.29, 0.717) is 26.1 Å². The number of likely N-dealkylation sites (tertiary alicyclic amines) is 1. The molecule has 0 radical (unpaired) electrons. The van der Waals surface area contributed by atoms with Crippen molar-refractivity contribution in [2.45, 2.75) is 44.8 Å². The van der Waals surface area contributed by atoms with E-state index in [0.717, 1.165) is 24.5 Å². The summed E-state index contributed by atoms with van der Waals surface area (Å²) in [5.41, 5.74) is 1.81. The lowest BCUT2D eigenvalue weighted by Gasteiger charge is -2.19. The Balaban J connectivity index is 1.35. The van der Waals surface area contributed by atoms with Gasteiger partial charge < -0.3 is 20.9 Å². The molecule has 2 fully saturated rings. The van der Waals surface area contributed by atoms with Crippen molar-refractivity contribution in [3.8, 4) is 0 Å². The summed E-state index contributed by atoms with van der Waals surface area (Å²) in [6, 6.07) is 6.93. The summed E-state index contributed by atoms with van der Waals surface area (Å²) in [6.45, 7) is 3.87. The largest absolute Gasteiger partial charge is 0.401 e. The van der Waals surface area contributed by atoms with Crippen molar-refractivity contribution in [1.82, 2.24) is 15.5 Å². The van der Waals surface area contributed by atoms with Crippen molar-refractivity contribution in [3.63, 3.8) is 0 Å². The molecule has 2 saturated heterocycles. The number of carbonyl (C=O) groups excluding carboxylic acids is 2. The zero-order valence-electron chi connectivity index (χ0n) is 18.4. The Morgan fingerprint density at radius 3 is 2.66 bits per heavy atom. The molecule has 3 rings (SSSR count). The minimum atomic E-state index is -4.20. The third kappa shape index (κ3) is 7.89. The standard InChI is InChI=1S/C22H32F3N5O2/c1-16(27-21(32)26-13-17-7-10-29(14-17)15-22(23,24)25)11-20(31)28-18-5-4-6-19(12-18)30-8-2-3-9-30/h4-6,12,16-17H,2-3,7-11,13-15H2,1H3,(H,28,31)(H2,26,27,32). The molecule has 2 aliphatic rings. The maximum atomic E-state index is 12.5. The number of carbonyl (C=O) groups is 2. The van der Waals surface area contributed by atoms with E-state index in [4.69, 9.17) is 0 Å². The smallest absolute Gasteiger partial charge is 0.371 e. The molecule has 10 heteroatoms. The second kappa shape index (κ2) is 10.9. The number of nitrogens with one attached hydrogen (secondary N) is 3. The highest BCUT2D eigenvalue weighted by molar-refractivity contribution is 5.92. The lowest BCUT2D eigenvalue weighted by atomic mass is 10.1. The zero-order valence-corrected chi connectivity index (χ0v) is 18.4. The maximum absolute atomic E-state index is 12.5. The number of alkyl halides is 3. The van der Waals surface area contributed by atoms with Gasteiger partial charge in [-0.25, -0.2) is 4.79 Å². The van der Waals surface area contributed by atoms with E-state index in [1.807, 2.05) is 24.3 Å². The van der Waals surface area contributed by atoms with Crippen LogP contribution in [-0.2, 0) is 4.79 Å². The van der Waals surface area contributed by atoms with E-state index >= 15 is 0 Å². The van der Waals surface area contributed by atoms with Gasteiger partial charge in [0.1, 0.15) is 0 Å². The monoisotopic (exact) mass is 455 g/mol. The van der Waals surface area contributed by atoms with Gasteiger partial charge in [-0.2, -0.15) is 13.2 Å². The second-order valence-corrected chi connectivity index (χ2v) is 8.76. The summed E-state index contributed by atoms with van der Waals surface area (Å²) >= 11 is 0. The number of amides is 3. The van der Waals surface area contributed by atoms with Gasteiger partial charge in [0.25, 0.3) is 0 Å². The van der Waals surface area contributed by atoms with Crippen LogP contribution in [0, 0.1) is 5.92 Å². The SMILES string of the molecule is CC(CC(=O)Nc1cccc(N2CCCC2)c1)NC(=O)NCC1CCN(CC(F)(F)F)C1. The molecular weight excluding hydrogens is 423 g/mol. The van der Waals surface area contributed by atoms with Gasteiger partial charge in [0.05, 0.1) is 6.54 Å². The summed E-state index contributed by atoms with van der Waals surface area (Å²) in [5.74, 6) is -0.209. The predicted octanol–water partition coefficient (Wildman–Crippen LogP) is 3.19. The zero-order chi connectivity index (χ0) is 23.1. The number of hydrogen-bond acceptors (Lipinski definition) is 4. The molecule has 0 saturated carbocycles. The van der Waals surface area contributed by atoms with E-state index in [1.54, 1.807) is 6.92 Å². The lowest BCUT2D eigenvalue weighted by molar-refractivity contribution is -0.143. The molecule has 2 unspecified atom stereocenters. The highest BCUT2D eigenvalue weighted by Crippen LogP contribution is 2.24. The molecule has 3 N–H and O–H groups in total. The summed E-state index contributed by atoms with van der Waals surface area (Å²) in [4.78, 5) is 28.1. The second-order valence-electron chi connectivity index (χ2n) is 8.76. The van der Waals surface area contributed by atoms with Gasteiger partial charge in [0, 0.05) is 50.0 Å². The van der Waals surface area contributed by atoms with Crippen LogP contribution in [0.3, 0.4) is 0 Å². The van der Waals surface area contributed by atoms with Crippen LogP contribution < -0.4 is 20.9 Å². The molecule has 2 atom stereocenters. The molecular formula is C22H32F3N5O2. The van der Waals surface area contributed by atoms with Crippen molar-refractivity contribution in [1.29, 1.82) is 0 Å². The van der Waals surface area contributed by atoms with Gasteiger partial charge in [0.2, 0.25) is 5.91 Å². The quantitative estimate of drug-likeness (QED) is 0.563. The summed E-state index contributed by atoms with van der Waals surface area (Å²) in [5, 5.41) is 8.29. The predicted molar refractivity (Wildman–Crippen MR) is 118 cm³/mol. The van der Waals surface area contributed by atoms with Crippen LogP contribution >= 0.6 is 0 Å². The highest BCUT2D eigenvalue weighted by atomic mass is 19.4. The van der Waals surface area contributed by atoms with E-state index in [-0.39, 0.29) is 24.3 Å². The summed E-state index contributed by atoms with van der Waals surface area (Å²) in [6.07, 6.45) is -1.12. The third-order valence-corrected chi connectivity index (χ3v) is 5.79. The molecule has 2 aliphatic heterocycles. The van der Waals surface area contributed by atoms with Crippen LogP contribution in [0.25, 0.3) is 0 Å². The van der Waals surface area contributed by atoms with Gasteiger partial charge >= 0.3 is 12.2 Å².